The Morgan fingerprint density at radius 2 is 2.32 bits per heavy atom. The zero-order chi connectivity index (χ0) is 13.2. The second kappa shape index (κ2) is 4.80. The number of carbonyl (C=O) groups is 1. The lowest BCUT2D eigenvalue weighted by atomic mass is 10.1. The molecule has 0 spiro atoms. The van der Waals surface area contributed by atoms with Gasteiger partial charge in [-0.05, 0) is 49.2 Å². The first-order chi connectivity index (χ1) is 9.24. The van der Waals surface area contributed by atoms with E-state index in [0.29, 0.717) is 5.56 Å². The van der Waals surface area contributed by atoms with Crippen molar-refractivity contribution in [3.05, 3.63) is 53.5 Å². The maximum atomic E-state index is 12.2. The first kappa shape index (κ1) is 11.8. The molecular weight excluding hydrogens is 240 g/mol. The van der Waals surface area contributed by atoms with Crippen LogP contribution in [0.1, 0.15) is 34.6 Å². The average molecular weight is 256 g/mol. The summed E-state index contributed by atoms with van der Waals surface area (Å²) < 4.78 is 5.28. The van der Waals surface area contributed by atoms with Crippen LogP contribution in [0.4, 0.5) is 5.69 Å². The molecule has 0 radical (unpaired) electrons. The number of nitrogens with one attached hydrogen (secondary N) is 2. The first-order valence-electron chi connectivity index (χ1n) is 6.45. The minimum atomic E-state index is -0.131. The molecule has 0 saturated carbocycles. The quantitative estimate of drug-likeness (QED) is 0.887. The number of carbonyl (C=O) groups excluding carboxylic acids is 1. The van der Waals surface area contributed by atoms with Gasteiger partial charge in [0.05, 0.1) is 12.3 Å². The fourth-order valence-electron chi connectivity index (χ4n) is 2.33. The van der Waals surface area contributed by atoms with Gasteiger partial charge in [-0.3, -0.25) is 4.79 Å². The highest BCUT2D eigenvalue weighted by atomic mass is 16.3. The van der Waals surface area contributed by atoms with Gasteiger partial charge < -0.3 is 15.1 Å². The van der Waals surface area contributed by atoms with Crippen molar-refractivity contribution in [1.29, 1.82) is 0 Å². The summed E-state index contributed by atoms with van der Waals surface area (Å²) in [5, 5.41) is 6.22. The molecule has 4 nitrogen and oxygen atoms in total. The van der Waals surface area contributed by atoms with Crippen molar-refractivity contribution in [2.75, 3.05) is 11.9 Å². The third-order valence-electron chi connectivity index (χ3n) is 3.39. The van der Waals surface area contributed by atoms with E-state index in [1.807, 2.05) is 37.3 Å². The fraction of sp³-hybridized carbons (Fsp3) is 0.267. The standard InChI is InChI=1S/C15H16N2O2/c1-10(14-3-2-8-19-14)17-15(18)12-4-5-13-11(9-12)6-7-16-13/h2-5,8-10,16H,6-7H2,1H3,(H,17,18)/t10-/m0/s1. The van der Waals surface area contributed by atoms with E-state index in [4.69, 9.17) is 4.42 Å². The van der Waals surface area contributed by atoms with Crippen molar-refractivity contribution in [3.63, 3.8) is 0 Å². The number of furan rings is 1. The van der Waals surface area contributed by atoms with Crippen molar-refractivity contribution in [1.82, 2.24) is 5.32 Å². The van der Waals surface area contributed by atoms with Crippen LogP contribution in [0.2, 0.25) is 0 Å². The molecule has 1 aromatic carbocycles. The topological polar surface area (TPSA) is 54.3 Å². The van der Waals surface area contributed by atoms with Crippen LogP contribution in [-0.4, -0.2) is 12.5 Å². The lowest BCUT2D eigenvalue weighted by Gasteiger charge is -2.12. The van der Waals surface area contributed by atoms with Crippen LogP contribution in [-0.2, 0) is 6.42 Å². The molecule has 1 aromatic heterocycles. The monoisotopic (exact) mass is 256 g/mol. The Morgan fingerprint density at radius 1 is 1.42 bits per heavy atom. The smallest absolute Gasteiger partial charge is 0.251 e. The van der Waals surface area contributed by atoms with Crippen LogP contribution >= 0.6 is 0 Å². The van der Waals surface area contributed by atoms with Gasteiger partial charge in [-0.25, -0.2) is 0 Å². The molecule has 1 atom stereocenters. The molecule has 1 aliphatic rings. The van der Waals surface area contributed by atoms with E-state index in [-0.39, 0.29) is 11.9 Å². The predicted molar refractivity (Wildman–Crippen MR) is 73.2 cm³/mol. The molecular formula is C15H16N2O2. The predicted octanol–water partition coefficient (Wildman–Crippen LogP) is 2.74. The Labute approximate surface area is 111 Å². The number of amides is 1. The molecule has 19 heavy (non-hydrogen) atoms. The second-order valence-corrected chi connectivity index (χ2v) is 4.76. The Kier molecular flexibility index (Phi) is 2.99. The summed E-state index contributed by atoms with van der Waals surface area (Å²) in [5.74, 6) is 0.690. The van der Waals surface area contributed by atoms with E-state index < -0.39 is 0 Å². The average Bonchev–Trinajstić information content (AvgIpc) is 3.09. The normalized spacial score (nSPS) is 14.6. The van der Waals surface area contributed by atoms with Crippen LogP contribution in [0.5, 0.6) is 0 Å². The Hall–Kier alpha value is -2.23. The van der Waals surface area contributed by atoms with Gasteiger partial charge in [0.1, 0.15) is 5.76 Å². The lowest BCUT2D eigenvalue weighted by Crippen LogP contribution is -2.26. The second-order valence-electron chi connectivity index (χ2n) is 4.76. The van der Waals surface area contributed by atoms with Crippen molar-refractivity contribution in [2.45, 2.75) is 19.4 Å². The summed E-state index contributed by atoms with van der Waals surface area (Å²) >= 11 is 0. The third-order valence-corrected chi connectivity index (χ3v) is 3.39. The Bertz CT molecular complexity index is 590. The first-order valence-corrected chi connectivity index (χ1v) is 6.45. The van der Waals surface area contributed by atoms with Crippen LogP contribution in [0, 0.1) is 0 Å². The molecule has 2 heterocycles. The molecule has 2 aromatic rings. The summed E-state index contributed by atoms with van der Waals surface area (Å²) in [7, 11) is 0. The summed E-state index contributed by atoms with van der Waals surface area (Å²) in [6, 6.07) is 9.32. The maximum Gasteiger partial charge on any atom is 0.251 e. The molecule has 0 fully saturated rings. The number of rotatable bonds is 3. The zero-order valence-corrected chi connectivity index (χ0v) is 10.8. The molecule has 0 aliphatic carbocycles. The molecule has 1 amide bonds. The minimum Gasteiger partial charge on any atom is -0.467 e. The van der Waals surface area contributed by atoms with Gasteiger partial charge in [-0.1, -0.05) is 0 Å². The summed E-state index contributed by atoms with van der Waals surface area (Å²) in [6.07, 6.45) is 2.59. The lowest BCUT2D eigenvalue weighted by molar-refractivity contribution is 0.0935. The molecule has 2 N–H and O–H groups in total. The van der Waals surface area contributed by atoms with Gasteiger partial charge in [0.25, 0.3) is 5.91 Å². The largest absolute Gasteiger partial charge is 0.467 e. The van der Waals surface area contributed by atoms with Gasteiger partial charge in [-0.2, -0.15) is 0 Å². The maximum absolute atomic E-state index is 12.2. The number of fused-ring (bicyclic) bond motifs is 1. The van der Waals surface area contributed by atoms with E-state index in [0.717, 1.165) is 24.4 Å². The molecule has 0 saturated heterocycles. The summed E-state index contributed by atoms with van der Waals surface area (Å²) in [5.41, 5.74) is 3.04. The van der Waals surface area contributed by atoms with Gasteiger partial charge in [-0.15, -0.1) is 0 Å². The van der Waals surface area contributed by atoms with E-state index in [9.17, 15) is 4.79 Å². The van der Waals surface area contributed by atoms with Gasteiger partial charge >= 0.3 is 0 Å². The molecule has 98 valence electrons. The minimum absolute atomic E-state index is 0.0707. The number of benzene rings is 1. The van der Waals surface area contributed by atoms with Crippen LogP contribution in [0.15, 0.2) is 41.0 Å². The van der Waals surface area contributed by atoms with Gasteiger partial charge in [0.15, 0.2) is 0 Å². The number of hydrogen-bond acceptors (Lipinski definition) is 3. The number of anilines is 1. The van der Waals surface area contributed by atoms with Crippen molar-refractivity contribution >= 4 is 11.6 Å². The Balaban J connectivity index is 1.74. The molecule has 3 rings (SSSR count). The van der Waals surface area contributed by atoms with Gasteiger partial charge in [0, 0.05) is 17.8 Å². The summed E-state index contributed by atoms with van der Waals surface area (Å²) in [4.78, 5) is 12.2. The fourth-order valence-corrected chi connectivity index (χ4v) is 2.33. The van der Waals surface area contributed by atoms with Crippen LogP contribution in [0.3, 0.4) is 0 Å². The highest BCUT2D eigenvalue weighted by Crippen LogP contribution is 2.23. The highest BCUT2D eigenvalue weighted by Gasteiger charge is 2.16. The van der Waals surface area contributed by atoms with Crippen molar-refractivity contribution in [2.24, 2.45) is 0 Å². The van der Waals surface area contributed by atoms with E-state index >= 15 is 0 Å². The highest BCUT2D eigenvalue weighted by molar-refractivity contribution is 5.95. The third kappa shape index (κ3) is 2.34. The van der Waals surface area contributed by atoms with E-state index in [1.165, 1.54) is 5.56 Å². The molecule has 0 bridgehead atoms. The Morgan fingerprint density at radius 3 is 3.11 bits per heavy atom. The van der Waals surface area contributed by atoms with Gasteiger partial charge in [0.2, 0.25) is 0 Å². The van der Waals surface area contributed by atoms with Crippen molar-refractivity contribution < 1.29 is 9.21 Å². The van der Waals surface area contributed by atoms with Crippen LogP contribution in [0.25, 0.3) is 0 Å². The van der Waals surface area contributed by atoms with Crippen molar-refractivity contribution in [3.8, 4) is 0 Å². The van der Waals surface area contributed by atoms with E-state index in [1.54, 1.807) is 6.26 Å². The zero-order valence-electron chi connectivity index (χ0n) is 10.8. The molecule has 1 aliphatic heterocycles. The molecule has 4 heteroatoms. The van der Waals surface area contributed by atoms with Crippen LogP contribution < -0.4 is 10.6 Å². The number of hydrogen-bond donors (Lipinski definition) is 2. The SMILES string of the molecule is C[C@H](NC(=O)c1ccc2c(c1)CCN2)c1ccco1. The summed E-state index contributed by atoms with van der Waals surface area (Å²) in [6.45, 7) is 2.86. The molecule has 0 unspecified atom stereocenters. The van der Waals surface area contributed by atoms with E-state index in [2.05, 4.69) is 10.6 Å².